The number of fused-ring (bicyclic) bond motifs is 1. The lowest BCUT2D eigenvalue weighted by Crippen LogP contribution is -2.11. The van der Waals surface area contributed by atoms with Gasteiger partial charge in [-0.2, -0.15) is 0 Å². The lowest BCUT2D eigenvalue weighted by atomic mass is 10.1. The van der Waals surface area contributed by atoms with Crippen LogP contribution in [-0.4, -0.2) is 18.0 Å². The Morgan fingerprint density at radius 2 is 2.25 bits per heavy atom. The van der Waals surface area contributed by atoms with Crippen LogP contribution in [0.5, 0.6) is 5.88 Å². The van der Waals surface area contributed by atoms with Crippen LogP contribution in [0.3, 0.4) is 0 Å². The van der Waals surface area contributed by atoms with E-state index in [1.54, 1.807) is 7.11 Å². The molecule has 0 radical (unpaired) electrons. The smallest absolute Gasteiger partial charge is 0.217 e. The highest BCUT2D eigenvalue weighted by atomic mass is 16.5. The van der Waals surface area contributed by atoms with Crippen LogP contribution in [0.25, 0.3) is 10.9 Å². The second-order valence-corrected chi connectivity index (χ2v) is 3.73. The first-order valence-electron chi connectivity index (χ1n) is 5.13. The zero-order valence-electron chi connectivity index (χ0n) is 9.12. The summed E-state index contributed by atoms with van der Waals surface area (Å²) in [7, 11) is 1.62. The molecule has 1 aromatic heterocycles. The van der Waals surface area contributed by atoms with Crippen LogP contribution < -0.4 is 10.5 Å². The van der Waals surface area contributed by atoms with Gasteiger partial charge < -0.3 is 15.5 Å². The maximum absolute atomic E-state index is 10.7. The SMILES string of the molecule is COc1cc2cc(CCC(N)=O)ccc2[nH]1. The molecule has 84 valence electrons. The quantitative estimate of drug-likeness (QED) is 0.818. The molecule has 4 heteroatoms. The van der Waals surface area contributed by atoms with Crippen molar-refractivity contribution in [2.24, 2.45) is 5.73 Å². The molecule has 0 spiro atoms. The highest BCUT2D eigenvalue weighted by Gasteiger charge is 2.02. The maximum Gasteiger partial charge on any atom is 0.217 e. The number of nitrogens with two attached hydrogens (primary N) is 1. The van der Waals surface area contributed by atoms with Gasteiger partial charge in [0.05, 0.1) is 7.11 Å². The number of aryl methyl sites for hydroxylation is 1. The van der Waals surface area contributed by atoms with Gasteiger partial charge in [-0.3, -0.25) is 4.79 Å². The van der Waals surface area contributed by atoms with Gasteiger partial charge in [0.15, 0.2) is 5.88 Å². The maximum atomic E-state index is 10.7. The molecule has 0 atom stereocenters. The summed E-state index contributed by atoms with van der Waals surface area (Å²) >= 11 is 0. The minimum atomic E-state index is -0.272. The summed E-state index contributed by atoms with van der Waals surface area (Å²) < 4.78 is 5.11. The minimum absolute atomic E-state index is 0.272. The minimum Gasteiger partial charge on any atom is -0.482 e. The average molecular weight is 218 g/mol. The van der Waals surface area contributed by atoms with Crippen molar-refractivity contribution in [2.75, 3.05) is 7.11 Å². The molecule has 1 aromatic carbocycles. The number of nitrogens with one attached hydrogen (secondary N) is 1. The van der Waals surface area contributed by atoms with E-state index in [4.69, 9.17) is 10.5 Å². The van der Waals surface area contributed by atoms with Crippen molar-refractivity contribution in [2.45, 2.75) is 12.8 Å². The van der Waals surface area contributed by atoms with E-state index < -0.39 is 0 Å². The Balaban J connectivity index is 2.25. The number of ether oxygens (including phenoxy) is 1. The highest BCUT2D eigenvalue weighted by molar-refractivity contribution is 5.82. The Morgan fingerprint density at radius 1 is 1.44 bits per heavy atom. The third-order valence-corrected chi connectivity index (χ3v) is 2.54. The second-order valence-electron chi connectivity index (χ2n) is 3.73. The predicted molar refractivity (Wildman–Crippen MR) is 62.4 cm³/mol. The lowest BCUT2D eigenvalue weighted by Gasteiger charge is -1.98. The number of methoxy groups -OCH3 is 1. The summed E-state index contributed by atoms with van der Waals surface area (Å²) in [5.41, 5.74) is 7.25. The molecular weight excluding hydrogens is 204 g/mol. The van der Waals surface area contributed by atoms with Crippen molar-refractivity contribution in [1.29, 1.82) is 0 Å². The molecule has 4 nitrogen and oxygen atoms in total. The van der Waals surface area contributed by atoms with Gasteiger partial charge in [-0.05, 0) is 24.1 Å². The number of hydrogen-bond acceptors (Lipinski definition) is 2. The van der Waals surface area contributed by atoms with Gasteiger partial charge in [-0.1, -0.05) is 6.07 Å². The molecule has 2 aromatic rings. The van der Waals surface area contributed by atoms with Crippen LogP contribution in [0.2, 0.25) is 0 Å². The van der Waals surface area contributed by atoms with Gasteiger partial charge in [0.2, 0.25) is 5.91 Å². The first-order valence-corrected chi connectivity index (χ1v) is 5.13. The largest absolute Gasteiger partial charge is 0.482 e. The molecule has 0 unspecified atom stereocenters. The molecule has 0 saturated carbocycles. The standard InChI is InChI=1S/C12H14N2O2/c1-16-12-7-9-6-8(3-5-11(13)15)2-4-10(9)14-12/h2,4,6-7,14H,3,5H2,1H3,(H2,13,15). The first-order chi connectivity index (χ1) is 7.69. The Kier molecular flexibility index (Phi) is 2.81. The normalized spacial score (nSPS) is 10.6. The van der Waals surface area contributed by atoms with Gasteiger partial charge >= 0.3 is 0 Å². The number of rotatable bonds is 4. The summed E-state index contributed by atoms with van der Waals surface area (Å²) in [6.45, 7) is 0. The molecule has 0 fully saturated rings. The molecule has 2 rings (SSSR count). The molecule has 16 heavy (non-hydrogen) atoms. The van der Waals surface area contributed by atoms with Gasteiger partial charge in [-0.15, -0.1) is 0 Å². The van der Waals surface area contributed by atoms with Crippen molar-refractivity contribution in [3.63, 3.8) is 0 Å². The molecule has 1 heterocycles. The van der Waals surface area contributed by atoms with Crippen LogP contribution >= 0.6 is 0 Å². The fourth-order valence-electron chi connectivity index (χ4n) is 1.69. The number of carbonyl (C=O) groups excluding carboxylic acids is 1. The van der Waals surface area contributed by atoms with E-state index >= 15 is 0 Å². The number of aromatic nitrogens is 1. The average Bonchev–Trinajstić information content (AvgIpc) is 2.68. The molecule has 0 bridgehead atoms. The number of benzene rings is 1. The Morgan fingerprint density at radius 3 is 2.94 bits per heavy atom. The van der Waals surface area contributed by atoms with Crippen LogP contribution in [0, 0.1) is 0 Å². The Hall–Kier alpha value is -1.97. The van der Waals surface area contributed by atoms with E-state index in [1.165, 1.54) is 0 Å². The number of primary amides is 1. The number of carbonyl (C=O) groups is 1. The number of hydrogen-bond donors (Lipinski definition) is 2. The fraction of sp³-hybridized carbons (Fsp3) is 0.250. The molecule has 0 aliphatic rings. The third-order valence-electron chi connectivity index (χ3n) is 2.54. The van der Waals surface area contributed by atoms with Crippen molar-refractivity contribution in [3.05, 3.63) is 29.8 Å². The van der Waals surface area contributed by atoms with Crippen molar-refractivity contribution in [3.8, 4) is 5.88 Å². The topological polar surface area (TPSA) is 68.1 Å². The number of aromatic amines is 1. The number of H-pyrrole nitrogens is 1. The van der Waals surface area contributed by atoms with Gasteiger partial charge in [0.25, 0.3) is 0 Å². The van der Waals surface area contributed by atoms with E-state index in [-0.39, 0.29) is 5.91 Å². The van der Waals surface area contributed by atoms with E-state index in [0.29, 0.717) is 12.8 Å². The molecule has 0 aliphatic carbocycles. The van der Waals surface area contributed by atoms with Crippen molar-refractivity contribution in [1.82, 2.24) is 4.98 Å². The van der Waals surface area contributed by atoms with Crippen LogP contribution in [0.15, 0.2) is 24.3 Å². The summed E-state index contributed by atoms with van der Waals surface area (Å²) in [5.74, 6) is 0.466. The van der Waals surface area contributed by atoms with Crippen LogP contribution in [0.1, 0.15) is 12.0 Å². The zero-order chi connectivity index (χ0) is 11.5. The Labute approximate surface area is 93.4 Å². The predicted octanol–water partition coefficient (Wildman–Crippen LogP) is 1.59. The lowest BCUT2D eigenvalue weighted by molar-refractivity contribution is -0.117. The van der Waals surface area contributed by atoms with Crippen LogP contribution in [0.4, 0.5) is 0 Å². The van der Waals surface area contributed by atoms with E-state index in [0.717, 1.165) is 22.3 Å². The van der Waals surface area contributed by atoms with Crippen LogP contribution in [-0.2, 0) is 11.2 Å². The molecule has 0 aliphatic heterocycles. The van der Waals surface area contributed by atoms with E-state index in [9.17, 15) is 4.79 Å². The van der Waals surface area contributed by atoms with Gasteiger partial charge in [0.1, 0.15) is 0 Å². The second kappa shape index (κ2) is 4.26. The summed E-state index contributed by atoms with van der Waals surface area (Å²) in [6, 6.07) is 7.94. The number of amides is 1. The monoisotopic (exact) mass is 218 g/mol. The highest BCUT2D eigenvalue weighted by Crippen LogP contribution is 2.21. The summed E-state index contributed by atoms with van der Waals surface area (Å²) in [6.07, 6.45) is 1.06. The summed E-state index contributed by atoms with van der Waals surface area (Å²) in [5, 5.41) is 1.08. The first kappa shape index (κ1) is 10.5. The third kappa shape index (κ3) is 2.16. The molecule has 0 saturated heterocycles. The molecule has 3 N–H and O–H groups in total. The molecule has 1 amide bonds. The van der Waals surface area contributed by atoms with Crippen molar-refractivity contribution < 1.29 is 9.53 Å². The van der Waals surface area contributed by atoms with Gasteiger partial charge in [-0.25, -0.2) is 0 Å². The fourth-order valence-corrected chi connectivity index (χ4v) is 1.69. The Bertz CT molecular complexity index is 517. The summed E-state index contributed by atoms with van der Waals surface area (Å²) in [4.78, 5) is 13.8. The van der Waals surface area contributed by atoms with Gasteiger partial charge in [0, 0.05) is 23.4 Å². The van der Waals surface area contributed by atoms with E-state index in [1.807, 2.05) is 24.3 Å². The molecular formula is C12H14N2O2. The van der Waals surface area contributed by atoms with Crippen molar-refractivity contribution >= 4 is 16.8 Å². The van der Waals surface area contributed by atoms with E-state index in [2.05, 4.69) is 4.98 Å². The zero-order valence-corrected chi connectivity index (χ0v) is 9.12.